The molecule has 1 aromatic carbocycles. The highest BCUT2D eigenvalue weighted by atomic mass is 14.2. The molecule has 0 aliphatic rings. The highest BCUT2D eigenvalue weighted by Crippen LogP contribution is 2.24. The van der Waals surface area contributed by atoms with Gasteiger partial charge in [-0.1, -0.05) is 88.1 Å². The Morgan fingerprint density at radius 3 is 2.43 bits per heavy atom. The molecule has 1 aromatic rings. The van der Waals surface area contributed by atoms with Gasteiger partial charge in [0.25, 0.3) is 0 Å². The van der Waals surface area contributed by atoms with Crippen molar-refractivity contribution in [3.63, 3.8) is 0 Å². The molecule has 0 nitrogen and oxygen atoms in total. The lowest BCUT2D eigenvalue weighted by atomic mass is 9.87. The first kappa shape index (κ1) is 17.2. The molecule has 0 aromatic heterocycles. The van der Waals surface area contributed by atoms with Crippen LogP contribution in [0.2, 0.25) is 0 Å². The normalized spacial score (nSPS) is 13.1. The third-order valence-corrected chi connectivity index (χ3v) is 3.88. The van der Waals surface area contributed by atoms with Gasteiger partial charge in [-0.15, -0.1) is 0 Å². The largest absolute Gasteiger partial charge is 0.0988 e. The molecule has 0 heterocycles. The Labute approximate surface area is 130 Å². The Kier molecular flexibility index (Phi) is 6.42. The molecule has 1 rings (SSSR count). The summed E-state index contributed by atoms with van der Waals surface area (Å²) in [6.45, 7) is 16.7. The molecule has 0 bridgehead atoms. The van der Waals surface area contributed by atoms with E-state index in [-0.39, 0.29) is 5.41 Å². The summed E-state index contributed by atoms with van der Waals surface area (Å²) in [7, 11) is 0. The van der Waals surface area contributed by atoms with Gasteiger partial charge in [0.05, 0.1) is 0 Å². The van der Waals surface area contributed by atoms with E-state index in [2.05, 4.69) is 77.3 Å². The van der Waals surface area contributed by atoms with Crippen molar-refractivity contribution in [2.75, 3.05) is 0 Å². The fourth-order valence-electron chi connectivity index (χ4n) is 1.90. The highest BCUT2D eigenvalue weighted by molar-refractivity contribution is 5.48. The van der Waals surface area contributed by atoms with Crippen LogP contribution in [0.5, 0.6) is 0 Å². The van der Waals surface area contributed by atoms with E-state index in [0.717, 1.165) is 12.8 Å². The second kappa shape index (κ2) is 7.83. The Hall–Kier alpha value is -1.82. The average Bonchev–Trinajstić information content (AvgIpc) is 2.46. The predicted molar refractivity (Wildman–Crippen MR) is 96.3 cm³/mol. The van der Waals surface area contributed by atoms with E-state index >= 15 is 0 Å². The summed E-state index contributed by atoms with van der Waals surface area (Å²) in [6, 6.07) is 8.54. The second-order valence-corrected chi connectivity index (χ2v) is 6.49. The van der Waals surface area contributed by atoms with Gasteiger partial charge in [0.2, 0.25) is 0 Å². The van der Waals surface area contributed by atoms with E-state index in [0.29, 0.717) is 0 Å². The topological polar surface area (TPSA) is 0 Å². The van der Waals surface area contributed by atoms with Gasteiger partial charge in [0.15, 0.2) is 0 Å². The number of allylic oxidation sites excluding steroid dienone is 5. The van der Waals surface area contributed by atoms with Gasteiger partial charge in [-0.05, 0) is 41.9 Å². The van der Waals surface area contributed by atoms with E-state index in [1.54, 1.807) is 0 Å². The minimum Gasteiger partial charge on any atom is -0.0988 e. The number of aryl methyl sites for hydroxylation is 1. The fraction of sp³-hybridized carbons (Fsp3) is 0.333. The first-order chi connectivity index (χ1) is 9.86. The molecule has 0 heteroatoms. The monoisotopic (exact) mass is 280 g/mol. The lowest BCUT2D eigenvalue weighted by Gasteiger charge is -2.18. The highest BCUT2D eigenvalue weighted by Gasteiger charge is 2.11. The Bertz CT molecular complexity index is 548. The van der Waals surface area contributed by atoms with Crippen molar-refractivity contribution < 1.29 is 0 Å². The zero-order valence-electron chi connectivity index (χ0n) is 13.9. The van der Waals surface area contributed by atoms with E-state index in [9.17, 15) is 0 Å². The van der Waals surface area contributed by atoms with Gasteiger partial charge in [-0.25, -0.2) is 0 Å². The van der Waals surface area contributed by atoms with Crippen molar-refractivity contribution >= 4 is 6.08 Å². The van der Waals surface area contributed by atoms with E-state index in [1.807, 2.05) is 12.2 Å². The standard InChI is InChI=1S/C21H28/c1-7-18(13-12-17(3)21(4,5)6)14-15-20-11-9-10-19(8-2)16-20/h7-13,16H,1-2,14-15H2,3-6H3/b17-12+,18-13+. The van der Waals surface area contributed by atoms with Crippen LogP contribution >= 0.6 is 0 Å². The summed E-state index contributed by atoms with van der Waals surface area (Å²) in [5.74, 6) is 0. The van der Waals surface area contributed by atoms with E-state index < -0.39 is 0 Å². The molecule has 0 aliphatic heterocycles. The van der Waals surface area contributed by atoms with E-state index in [1.165, 1.54) is 22.3 Å². The van der Waals surface area contributed by atoms with Crippen molar-refractivity contribution in [1.29, 1.82) is 0 Å². The van der Waals surface area contributed by atoms with Gasteiger partial charge in [-0.3, -0.25) is 0 Å². The van der Waals surface area contributed by atoms with Crippen molar-refractivity contribution in [2.24, 2.45) is 5.41 Å². The molecule has 0 fully saturated rings. The van der Waals surface area contributed by atoms with Crippen LogP contribution in [-0.2, 0) is 6.42 Å². The van der Waals surface area contributed by atoms with Crippen molar-refractivity contribution in [3.8, 4) is 0 Å². The van der Waals surface area contributed by atoms with Gasteiger partial charge in [-0.2, -0.15) is 0 Å². The summed E-state index contributed by atoms with van der Waals surface area (Å²) in [4.78, 5) is 0. The maximum Gasteiger partial charge on any atom is -0.0173 e. The molecule has 21 heavy (non-hydrogen) atoms. The van der Waals surface area contributed by atoms with Crippen molar-refractivity contribution in [2.45, 2.75) is 40.5 Å². The molecule has 0 aliphatic carbocycles. The minimum absolute atomic E-state index is 0.223. The average molecular weight is 280 g/mol. The Balaban J connectivity index is 2.74. The van der Waals surface area contributed by atoms with Crippen LogP contribution in [0.15, 0.2) is 66.8 Å². The molecule has 112 valence electrons. The molecule has 0 N–H and O–H groups in total. The molecular weight excluding hydrogens is 252 g/mol. The summed E-state index contributed by atoms with van der Waals surface area (Å²) in [5, 5.41) is 0. The van der Waals surface area contributed by atoms with Crippen LogP contribution in [-0.4, -0.2) is 0 Å². The Morgan fingerprint density at radius 2 is 1.86 bits per heavy atom. The fourth-order valence-corrected chi connectivity index (χ4v) is 1.90. The van der Waals surface area contributed by atoms with Crippen LogP contribution in [0.1, 0.15) is 45.2 Å². The molecular formula is C21H28. The summed E-state index contributed by atoms with van der Waals surface area (Å²) in [6.07, 6.45) is 10.3. The first-order valence-electron chi connectivity index (χ1n) is 7.58. The lowest BCUT2D eigenvalue weighted by Crippen LogP contribution is -2.05. The molecule has 0 amide bonds. The van der Waals surface area contributed by atoms with Crippen molar-refractivity contribution in [3.05, 3.63) is 77.9 Å². The third-order valence-electron chi connectivity index (χ3n) is 3.88. The van der Waals surface area contributed by atoms with Crippen LogP contribution in [0.25, 0.3) is 6.08 Å². The smallest absolute Gasteiger partial charge is 0.0173 e. The molecule has 0 spiro atoms. The van der Waals surface area contributed by atoms with Crippen molar-refractivity contribution in [1.82, 2.24) is 0 Å². The number of benzene rings is 1. The zero-order valence-corrected chi connectivity index (χ0v) is 13.9. The second-order valence-electron chi connectivity index (χ2n) is 6.49. The zero-order chi connectivity index (χ0) is 15.9. The molecule has 0 saturated heterocycles. The first-order valence-corrected chi connectivity index (χ1v) is 7.58. The SMILES string of the molecule is C=C/C(=C\C=C(/C)C(C)(C)C)CCc1cccc(C=C)c1. The number of hydrogen-bond donors (Lipinski definition) is 0. The summed E-state index contributed by atoms with van der Waals surface area (Å²) < 4.78 is 0. The molecule has 0 unspecified atom stereocenters. The van der Waals surface area contributed by atoms with Gasteiger partial charge in [0.1, 0.15) is 0 Å². The minimum atomic E-state index is 0.223. The maximum atomic E-state index is 3.93. The Morgan fingerprint density at radius 1 is 1.14 bits per heavy atom. The third kappa shape index (κ3) is 5.99. The number of rotatable bonds is 6. The summed E-state index contributed by atoms with van der Waals surface area (Å²) >= 11 is 0. The van der Waals surface area contributed by atoms with Gasteiger partial charge >= 0.3 is 0 Å². The molecule has 0 radical (unpaired) electrons. The maximum absolute atomic E-state index is 3.93. The quantitative estimate of drug-likeness (QED) is 0.531. The van der Waals surface area contributed by atoms with Crippen LogP contribution in [0.4, 0.5) is 0 Å². The van der Waals surface area contributed by atoms with Gasteiger partial charge in [0, 0.05) is 0 Å². The lowest BCUT2D eigenvalue weighted by molar-refractivity contribution is 0.504. The summed E-state index contributed by atoms with van der Waals surface area (Å²) in [5.41, 5.74) is 5.41. The van der Waals surface area contributed by atoms with E-state index in [4.69, 9.17) is 0 Å². The van der Waals surface area contributed by atoms with Crippen LogP contribution in [0.3, 0.4) is 0 Å². The van der Waals surface area contributed by atoms with Gasteiger partial charge < -0.3 is 0 Å². The number of hydrogen-bond acceptors (Lipinski definition) is 0. The van der Waals surface area contributed by atoms with Crippen LogP contribution < -0.4 is 0 Å². The molecule has 0 saturated carbocycles. The predicted octanol–water partition coefficient (Wildman–Crippen LogP) is 6.37. The van der Waals surface area contributed by atoms with Crippen LogP contribution in [0, 0.1) is 5.41 Å². The molecule has 0 atom stereocenters.